The summed E-state index contributed by atoms with van der Waals surface area (Å²) in [6.45, 7) is 0. The Balaban J connectivity index is 1.46. The molecule has 8 heteroatoms. The van der Waals surface area contributed by atoms with Crippen molar-refractivity contribution in [3.63, 3.8) is 0 Å². The van der Waals surface area contributed by atoms with Gasteiger partial charge < -0.3 is 19.3 Å². The van der Waals surface area contributed by atoms with Crippen molar-refractivity contribution in [2.75, 3.05) is 24.4 Å². The number of fused-ring (bicyclic) bond motifs is 1. The van der Waals surface area contributed by atoms with Gasteiger partial charge in [-0.3, -0.25) is 4.90 Å². The van der Waals surface area contributed by atoms with Gasteiger partial charge in [-0.05, 0) is 36.6 Å². The maximum atomic E-state index is 13.4. The third kappa shape index (κ3) is 3.24. The summed E-state index contributed by atoms with van der Waals surface area (Å²) in [5.41, 5.74) is 2.44. The Morgan fingerprint density at radius 3 is 2.77 bits per heavy atom. The number of aromatic nitrogens is 2. The van der Waals surface area contributed by atoms with Crippen LogP contribution in [0.3, 0.4) is 0 Å². The largest absolute Gasteiger partial charge is 0.497 e. The Bertz CT molecular complexity index is 1090. The number of carbonyl (C=O) groups is 1. The molecule has 5 rings (SSSR count). The van der Waals surface area contributed by atoms with Gasteiger partial charge in [0.1, 0.15) is 17.5 Å². The van der Waals surface area contributed by atoms with Crippen LogP contribution in [0.25, 0.3) is 0 Å². The van der Waals surface area contributed by atoms with E-state index in [0.717, 1.165) is 29.9 Å². The molecule has 0 radical (unpaired) electrons. The van der Waals surface area contributed by atoms with Crippen molar-refractivity contribution in [3.8, 4) is 11.5 Å². The highest BCUT2D eigenvalue weighted by Crippen LogP contribution is 2.43. The second-order valence-electron chi connectivity index (χ2n) is 7.48. The summed E-state index contributed by atoms with van der Waals surface area (Å²) in [7, 11) is 3.13. The molecular formula is C22H22N4O4. The van der Waals surface area contributed by atoms with Gasteiger partial charge in [-0.25, -0.2) is 4.79 Å². The lowest BCUT2D eigenvalue weighted by Gasteiger charge is -2.24. The number of nitrogens with one attached hydrogen (secondary N) is 1. The number of ether oxygens (including phenoxy) is 2. The van der Waals surface area contributed by atoms with Crippen LogP contribution in [0.2, 0.25) is 0 Å². The van der Waals surface area contributed by atoms with Crippen LogP contribution < -0.4 is 19.7 Å². The summed E-state index contributed by atoms with van der Waals surface area (Å²) in [5.74, 6) is 2.74. The molecule has 3 aromatic rings. The number of urea groups is 1. The molecule has 1 saturated carbocycles. The van der Waals surface area contributed by atoms with Crippen LogP contribution in [0.1, 0.15) is 42.1 Å². The maximum absolute atomic E-state index is 13.4. The topological polar surface area (TPSA) is 89.7 Å². The number of benzene rings is 2. The second-order valence-corrected chi connectivity index (χ2v) is 7.48. The molecule has 0 saturated heterocycles. The molecule has 0 spiro atoms. The third-order valence-electron chi connectivity index (χ3n) is 5.53. The molecule has 1 unspecified atom stereocenters. The van der Waals surface area contributed by atoms with Crippen molar-refractivity contribution < 1.29 is 18.8 Å². The van der Waals surface area contributed by atoms with E-state index in [0.29, 0.717) is 35.4 Å². The first-order valence-electron chi connectivity index (χ1n) is 9.91. The molecule has 30 heavy (non-hydrogen) atoms. The van der Waals surface area contributed by atoms with Gasteiger partial charge in [-0.2, -0.15) is 4.98 Å². The van der Waals surface area contributed by atoms with Crippen molar-refractivity contribution >= 4 is 17.4 Å². The number of rotatable bonds is 5. The molecule has 1 aliphatic carbocycles. The first kappa shape index (κ1) is 18.5. The molecule has 1 atom stereocenters. The van der Waals surface area contributed by atoms with E-state index in [1.54, 1.807) is 37.3 Å². The van der Waals surface area contributed by atoms with Crippen LogP contribution in [0.5, 0.6) is 11.5 Å². The summed E-state index contributed by atoms with van der Waals surface area (Å²) in [6.07, 6.45) is 2.80. The molecule has 8 nitrogen and oxygen atoms in total. The normalized spacial score (nSPS) is 17.5. The number of methoxy groups -OCH3 is 2. The molecule has 1 N–H and O–H groups in total. The van der Waals surface area contributed by atoms with Gasteiger partial charge in [0.25, 0.3) is 0 Å². The predicted octanol–water partition coefficient (Wildman–Crippen LogP) is 4.30. The summed E-state index contributed by atoms with van der Waals surface area (Å²) < 4.78 is 16.2. The standard InChI is InChI=1S/C22H22N4O4/c1-28-15-9-10-16(19(12-15)29-2)23-22(27)26-17-6-4-3-5-14(17)11-18(26)21-24-20(25-30-21)13-7-8-13/h3-6,9-10,12-13,18H,7-8,11H2,1-2H3,(H,23,27). The van der Waals surface area contributed by atoms with Gasteiger partial charge in [-0.1, -0.05) is 23.4 Å². The molecule has 2 aliphatic rings. The summed E-state index contributed by atoms with van der Waals surface area (Å²) in [5, 5.41) is 7.09. The fourth-order valence-corrected chi connectivity index (χ4v) is 3.80. The smallest absolute Gasteiger partial charge is 0.327 e. The molecule has 2 amide bonds. The van der Waals surface area contributed by atoms with E-state index in [-0.39, 0.29) is 12.1 Å². The molecule has 2 heterocycles. The lowest BCUT2D eigenvalue weighted by molar-refractivity contribution is 0.252. The summed E-state index contributed by atoms with van der Waals surface area (Å²) >= 11 is 0. The van der Waals surface area contributed by atoms with Gasteiger partial charge in [0.2, 0.25) is 5.89 Å². The number of nitrogens with zero attached hydrogens (tertiary/aromatic N) is 3. The van der Waals surface area contributed by atoms with Crippen LogP contribution in [-0.4, -0.2) is 30.4 Å². The highest BCUT2D eigenvalue weighted by atomic mass is 16.5. The first-order valence-corrected chi connectivity index (χ1v) is 9.91. The molecule has 0 bridgehead atoms. The van der Waals surface area contributed by atoms with E-state index in [9.17, 15) is 4.79 Å². The maximum Gasteiger partial charge on any atom is 0.327 e. The number of hydrogen-bond donors (Lipinski definition) is 1. The number of carbonyl (C=O) groups excluding carboxylic acids is 1. The average molecular weight is 406 g/mol. The Labute approximate surface area is 173 Å². The zero-order chi connectivity index (χ0) is 20.7. The summed E-state index contributed by atoms with van der Waals surface area (Å²) in [6, 6.07) is 12.4. The van der Waals surface area contributed by atoms with Crippen LogP contribution >= 0.6 is 0 Å². The highest BCUT2D eigenvalue weighted by molar-refractivity contribution is 6.04. The van der Waals surface area contributed by atoms with Gasteiger partial charge in [-0.15, -0.1) is 0 Å². The molecule has 1 aromatic heterocycles. The zero-order valence-corrected chi connectivity index (χ0v) is 16.8. The van der Waals surface area contributed by atoms with E-state index in [2.05, 4.69) is 15.5 Å². The van der Waals surface area contributed by atoms with Gasteiger partial charge in [0, 0.05) is 24.1 Å². The molecular weight excluding hydrogens is 384 g/mol. The van der Waals surface area contributed by atoms with Crippen molar-refractivity contribution in [2.45, 2.75) is 31.2 Å². The van der Waals surface area contributed by atoms with Crippen LogP contribution in [-0.2, 0) is 6.42 Å². The first-order chi connectivity index (χ1) is 14.7. The van der Waals surface area contributed by atoms with Crippen LogP contribution in [0.15, 0.2) is 47.0 Å². The molecule has 2 aromatic carbocycles. The quantitative estimate of drug-likeness (QED) is 0.679. The minimum Gasteiger partial charge on any atom is -0.497 e. The van der Waals surface area contributed by atoms with Crippen molar-refractivity contribution in [1.82, 2.24) is 10.1 Å². The lowest BCUT2D eigenvalue weighted by Crippen LogP contribution is -2.36. The molecule has 154 valence electrons. The fourth-order valence-electron chi connectivity index (χ4n) is 3.80. The van der Waals surface area contributed by atoms with E-state index in [1.165, 1.54) is 0 Å². The van der Waals surface area contributed by atoms with E-state index in [1.807, 2.05) is 24.3 Å². The highest BCUT2D eigenvalue weighted by Gasteiger charge is 2.39. The minimum absolute atomic E-state index is 0.292. The second kappa shape index (κ2) is 7.37. The van der Waals surface area contributed by atoms with Crippen molar-refractivity contribution in [2.24, 2.45) is 0 Å². The average Bonchev–Trinajstić information content (AvgIpc) is 3.37. The van der Waals surface area contributed by atoms with E-state index in [4.69, 9.17) is 14.0 Å². The van der Waals surface area contributed by atoms with E-state index < -0.39 is 0 Å². The Hall–Kier alpha value is -3.55. The number of para-hydroxylation sites is 1. The zero-order valence-electron chi connectivity index (χ0n) is 16.8. The van der Waals surface area contributed by atoms with Crippen molar-refractivity contribution in [3.05, 3.63) is 59.7 Å². The number of hydrogen-bond acceptors (Lipinski definition) is 6. The predicted molar refractivity (Wildman–Crippen MR) is 110 cm³/mol. The Morgan fingerprint density at radius 1 is 1.17 bits per heavy atom. The van der Waals surface area contributed by atoms with Gasteiger partial charge in [0.05, 0.1) is 19.9 Å². The third-order valence-corrected chi connectivity index (χ3v) is 5.53. The fraction of sp³-hybridized carbons (Fsp3) is 0.318. The molecule has 1 aliphatic heterocycles. The summed E-state index contributed by atoms with van der Waals surface area (Å²) in [4.78, 5) is 19.7. The Kier molecular flexibility index (Phi) is 4.54. The Morgan fingerprint density at radius 2 is 2.00 bits per heavy atom. The van der Waals surface area contributed by atoms with Gasteiger partial charge in [0.15, 0.2) is 5.82 Å². The minimum atomic E-state index is -0.355. The number of amides is 2. The lowest BCUT2D eigenvalue weighted by atomic mass is 10.1. The van der Waals surface area contributed by atoms with E-state index >= 15 is 0 Å². The SMILES string of the molecule is COc1ccc(NC(=O)N2c3ccccc3CC2c2nc(C3CC3)no2)c(OC)c1. The number of anilines is 2. The molecule has 1 fully saturated rings. The monoisotopic (exact) mass is 406 g/mol. The van der Waals surface area contributed by atoms with Crippen LogP contribution in [0, 0.1) is 0 Å². The van der Waals surface area contributed by atoms with Crippen molar-refractivity contribution in [1.29, 1.82) is 0 Å². The van der Waals surface area contributed by atoms with Gasteiger partial charge >= 0.3 is 6.03 Å². The van der Waals surface area contributed by atoms with Crippen LogP contribution in [0.4, 0.5) is 16.2 Å².